The summed E-state index contributed by atoms with van der Waals surface area (Å²) in [6.45, 7) is 0. The van der Waals surface area contributed by atoms with Crippen LogP contribution in [0.1, 0.15) is 22.3 Å². The Kier molecular flexibility index (Phi) is 7.79. The summed E-state index contributed by atoms with van der Waals surface area (Å²) in [5.74, 6) is 0. The molecule has 1 nitrogen and oxygen atoms in total. The van der Waals surface area contributed by atoms with Gasteiger partial charge in [-0.25, -0.2) is 4.98 Å². The lowest BCUT2D eigenvalue weighted by atomic mass is 9.67. The van der Waals surface area contributed by atoms with Crippen molar-refractivity contribution in [3.05, 3.63) is 247 Å². The second-order valence-electron chi connectivity index (χ2n) is 15.1. The number of fused-ring (bicyclic) bond motifs is 6. The molecule has 0 aliphatic heterocycles. The van der Waals surface area contributed by atoms with Crippen molar-refractivity contribution in [1.29, 1.82) is 0 Å². The van der Waals surface area contributed by atoms with Crippen LogP contribution >= 0.6 is 0 Å². The van der Waals surface area contributed by atoms with Crippen LogP contribution in [0.2, 0.25) is 0 Å². The SMILES string of the molecule is c1ccc(-c2cc(-c3ccccc3)cc(-c3cccc(-c4nc5ccccc5c5cc6c(cc45)-c4ccccc4C6(c4ccccc4)c4ccccc4)c3)c2)cc1. The molecular formula is C56H37N. The van der Waals surface area contributed by atoms with Crippen molar-refractivity contribution < 1.29 is 0 Å². The minimum absolute atomic E-state index is 0.479. The normalized spacial score (nSPS) is 12.7. The molecule has 0 radical (unpaired) electrons. The molecule has 1 aromatic heterocycles. The molecule has 1 heterocycles. The summed E-state index contributed by atoms with van der Waals surface area (Å²) in [5.41, 5.74) is 17.4. The Labute approximate surface area is 333 Å². The third-order valence-electron chi connectivity index (χ3n) is 11.9. The summed E-state index contributed by atoms with van der Waals surface area (Å²) in [5, 5.41) is 3.52. The lowest BCUT2D eigenvalue weighted by Crippen LogP contribution is -2.28. The van der Waals surface area contributed by atoms with E-state index in [-0.39, 0.29) is 0 Å². The van der Waals surface area contributed by atoms with E-state index in [2.05, 4.69) is 224 Å². The van der Waals surface area contributed by atoms with E-state index in [0.717, 1.165) is 33.1 Å². The van der Waals surface area contributed by atoms with E-state index in [1.54, 1.807) is 0 Å². The summed E-state index contributed by atoms with van der Waals surface area (Å²) in [7, 11) is 0. The maximum absolute atomic E-state index is 5.47. The first-order chi connectivity index (χ1) is 28.3. The molecule has 0 atom stereocenters. The molecule has 10 aromatic rings. The lowest BCUT2D eigenvalue weighted by molar-refractivity contribution is 0.769. The fourth-order valence-corrected chi connectivity index (χ4v) is 9.34. The molecule has 1 heteroatoms. The van der Waals surface area contributed by atoms with Crippen LogP contribution in [-0.2, 0) is 5.41 Å². The van der Waals surface area contributed by atoms with Crippen LogP contribution in [0.25, 0.3) is 77.4 Å². The van der Waals surface area contributed by atoms with Crippen molar-refractivity contribution in [1.82, 2.24) is 4.98 Å². The topological polar surface area (TPSA) is 12.9 Å². The molecule has 0 spiro atoms. The third kappa shape index (κ3) is 5.35. The van der Waals surface area contributed by atoms with Gasteiger partial charge in [-0.2, -0.15) is 0 Å². The quantitative estimate of drug-likeness (QED) is 0.156. The third-order valence-corrected chi connectivity index (χ3v) is 11.9. The summed E-state index contributed by atoms with van der Waals surface area (Å²) in [4.78, 5) is 5.47. The van der Waals surface area contributed by atoms with Gasteiger partial charge in [-0.1, -0.05) is 182 Å². The van der Waals surface area contributed by atoms with Gasteiger partial charge in [0.05, 0.1) is 16.6 Å². The lowest BCUT2D eigenvalue weighted by Gasteiger charge is -2.34. The Balaban J connectivity index is 1.16. The summed E-state index contributed by atoms with van der Waals surface area (Å²) < 4.78 is 0. The van der Waals surface area contributed by atoms with E-state index in [1.807, 2.05) is 0 Å². The van der Waals surface area contributed by atoms with Gasteiger partial charge >= 0.3 is 0 Å². The molecule has 0 amide bonds. The van der Waals surface area contributed by atoms with Gasteiger partial charge in [0, 0.05) is 16.3 Å². The predicted octanol–water partition coefficient (Wildman–Crippen LogP) is 14.4. The zero-order chi connectivity index (χ0) is 37.8. The average molecular weight is 724 g/mol. The summed E-state index contributed by atoms with van der Waals surface area (Å²) >= 11 is 0. The number of para-hydroxylation sites is 1. The molecule has 11 rings (SSSR count). The molecule has 266 valence electrons. The van der Waals surface area contributed by atoms with Crippen LogP contribution in [0, 0.1) is 0 Å². The molecule has 0 fully saturated rings. The van der Waals surface area contributed by atoms with Crippen LogP contribution < -0.4 is 0 Å². The van der Waals surface area contributed by atoms with Gasteiger partial charge < -0.3 is 0 Å². The average Bonchev–Trinajstić information content (AvgIpc) is 3.59. The van der Waals surface area contributed by atoms with Crippen LogP contribution in [0.5, 0.6) is 0 Å². The number of pyridine rings is 1. The van der Waals surface area contributed by atoms with E-state index in [1.165, 1.54) is 66.6 Å². The van der Waals surface area contributed by atoms with Gasteiger partial charge in [0.1, 0.15) is 0 Å². The van der Waals surface area contributed by atoms with Crippen molar-refractivity contribution in [2.45, 2.75) is 5.41 Å². The minimum atomic E-state index is -0.479. The summed E-state index contributed by atoms with van der Waals surface area (Å²) in [6.07, 6.45) is 0. The highest BCUT2D eigenvalue weighted by atomic mass is 14.7. The monoisotopic (exact) mass is 723 g/mol. The van der Waals surface area contributed by atoms with Crippen LogP contribution in [0.3, 0.4) is 0 Å². The van der Waals surface area contributed by atoms with E-state index in [9.17, 15) is 0 Å². The van der Waals surface area contributed by atoms with Gasteiger partial charge in [0.2, 0.25) is 0 Å². The Morgan fingerprint density at radius 1 is 0.281 bits per heavy atom. The Hall–Kier alpha value is -7.35. The van der Waals surface area contributed by atoms with E-state index < -0.39 is 5.41 Å². The largest absolute Gasteiger partial charge is 0.247 e. The first-order valence-electron chi connectivity index (χ1n) is 19.7. The molecular weight excluding hydrogens is 687 g/mol. The Morgan fingerprint density at radius 2 is 0.772 bits per heavy atom. The van der Waals surface area contributed by atoms with Crippen LogP contribution in [0.4, 0.5) is 0 Å². The van der Waals surface area contributed by atoms with Crippen molar-refractivity contribution in [3.8, 4) is 55.8 Å². The molecule has 9 aromatic carbocycles. The molecule has 0 bridgehead atoms. The van der Waals surface area contributed by atoms with E-state index in [0.29, 0.717) is 0 Å². The molecule has 0 unspecified atom stereocenters. The van der Waals surface area contributed by atoms with Crippen molar-refractivity contribution in [3.63, 3.8) is 0 Å². The standard InChI is InChI=1S/C56H37N/c1-5-18-38(19-6-1)42-33-43(39-20-7-2-8-21-39)35-44(34-42)40-22-17-23-41(32-40)55-51-36-50-47-28-13-15-30-52(47)56(45-24-9-3-10-25-45,46-26-11-4-12-27-46)53(50)37-49(51)48-29-14-16-31-54(48)57-55/h1-37H. The number of rotatable bonds is 6. The first-order valence-corrected chi connectivity index (χ1v) is 19.7. The molecule has 0 saturated heterocycles. The van der Waals surface area contributed by atoms with Crippen LogP contribution in [0.15, 0.2) is 224 Å². The number of hydrogen-bond donors (Lipinski definition) is 0. The predicted molar refractivity (Wildman–Crippen MR) is 238 cm³/mol. The van der Waals surface area contributed by atoms with E-state index >= 15 is 0 Å². The minimum Gasteiger partial charge on any atom is -0.247 e. The number of nitrogens with zero attached hydrogens (tertiary/aromatic N) is 1. The molecule has 1 aliphatic carbocycles. The second-order valence-corrected chi connectivity index (χ2v) is 15.1. The van der Waals surface area contributed by atoms with Crippen molar-refractivity contribution in [2.24, 2.45) is 0 Å². The fraction of sp³-hybridized carbons (Fsp3) is 0.0179. The van der Waals surface area contributed by atoms with Crippen molar-refractivity contribution >= 4 is 21.7 Å². The smallest absolute Gasteiger partial charge is 0.0788 e. The van der Waals surface area contributed by atoms with Gasteiger partial charge in [0.25, 0.3) is 0 Å². The first kappa shape index (κ1) is 33.0. The molecule has 57 heavy (non-hydrogen) atoms. The highest BCUT2D eigenvalue weighted by Crippen LogP contribution is 2.57. The van der Waals surface area contributed by atoms with Crippen LogP contribution in [-0.4, -0.2) is 4.98 Å². The molecule has 0 saturated carbocycles. The van der Waals surface area contributed by atoms with Gasteiger partial charge in [0.15, 0.2) is 0 Å². The number of hydrogen-bond acceptors (Lipinski definition) is 1. The highest BCUT2D eigenvalue weighted by Gasteiger charge is 2.46. The maximum atomic E-state index is 5.47. The van der Waals surface area contributed by atoms with Gasteiger partial charge in [-0.3, -0.25) is 0 Å². The zero-order valence-corrected chi connectivity index (χ0v) is 31.3. The Morgan fingerprint density at radius 3 is 1.42 bits per heavy atom. The van der Waals surface area contributed by atoms with Crippen molar-refractivity contribution in [2.75, 3.05) is 0 Å². The maximum Gasteiger partial charge on any atom is 0.0788 e. The fourth-order valence-electron chi connectivity index (χ4n) is 9.34. The van der Waals surface area contributed by atoms with Gasteiger partial charge in [-0.15, -0.1) is 0 Å². The number of aromatic nitrogens is 1. The van der Waals surface area contributed by atoms with Gasteiger partial charge in [-0.05, 0) is 115 Å². The molecule has 0 N–H and O–H groups in total. The number of benzene rings is 9. The second kappa shape index (κ2) is 13.4. The Bertz CT molecular complexity index is 3000. The zero-order valence-electron chi connectivity index (χ0n) is 31.3. The molecule has 1 aliphatic rings. The summed E-state index contributed by atoms with van der Waals surface area (Å²) in [6, 6.07) is 81.9. The van der Waals surface area contributed by atoms with E-state index in [4.69, 9.17) is 4.98 Å². The highest BCUT2D eigenvalue weighted by molar-refractivity contribution is 6.13.